The lowest BCUT2D eigenvalue weighted by Crippen LogP contribution is -2.06. The summed E-state index contributed by atoms with van der Waals surface area (Å²) in [4.78, 5) is 10.9. The van der Waals surface area contributed by atoms with Crippen LogP contribution in [0.25, 0.3) is 22.2 Å². The van der Waals surface area contributed by atoms with Crippen LogP contribution in [0.3, 0.4) is 0 Å². The van der Waals surface area contributed by atoms with Crippen LogP contribution in [0.5, 0.6) is 0 Å². The molecule has 0 amide bonds. The van der Waals surface area contributed by atoms with Gasteiger partial charge in [0.2, 0.25) is 0 Å². The average molecular weight is 268 g/mol. The molecule has 0 aliphatic heterocycles. The van der Waals surface area contributed by atoms with Crippen molar-refractivity contribution in [3.8, 4) is 11.1 Å². The van der Waals surface area contributed by atoms with Gasteiger partial charge in [0.15, 0.2) is 0 Å². The fourth-order valence-electron chi connectivity index (χ4n) is 2.07. The molecular weight excluding hydrogens is 256 g/mol. The molecule has 1 N–H and O–H groups in total. The van der Waals surface area contributed by atoms with Crippen LogP contribution in [0.2, 0.25) is 0 Å². The number of rotatable bonds is 3. The van der Waals surface area contributed by atoms with Crippen LogP contribution < -0.4 is 0 Å². The second kappa shape index (κ2) is 4.77. The molecule has 3 rings (SSSR count). The number of nitrogens with zero attached hydrogens (tertiary/aromatic N) is 2. The maximum atomic E-state index is 10.9. The number of fused-ring (bicyclic) bond motifs is 1. The summed E-state index contributed by atoms with van der Waals surface area (Å²) < 4.78 is 4.67. The van der Waals surface area contributed by atoms with Crippen molar-refractivity contribution < 1.29 is 14.5 Å². The van der Waals surface area contributed by atoms with E-state index in [2.05, 4.69) is 14.9 Å². The van der Waals surface area contributed by atoms with Crippen LogP contribution in [-0.2, 0) is 4.79 Å². The molecule has 3 aromatic rings. The second-order valence-electron chi connectivity index (χ2n) is 4.65. The minimum Gasteiger partial charge on any atom is -0.481 e. The average Bonchev–Trinajstić information content (AvgIpc) is 2.94. The van der Waals surface area contributed by atoms with E-state index in [-0.39, 0.29) is 0 Å². The third kappa shape index (κ3) is 2.14. The number of hydrogen-bond donors (Lipinski definition) is 1. The Kier molecular flexibility index (Phi) is 2.95. The minimum absolute atomic E-state index is 0.508. The van der Waals surface area contributed by atoms with Gasteiger partial charge < -0.3 is 5.11 Å². The van der Waals surface area contributed by atoms with Crippen LogP contribution in [0, 0.1) is 0 Å². The van der Waals surface area contributed by atoms with Crippen molar-refractivity contribution in [1.82, 2.24) is 10.3 Å². The van der Waals surface area contributed by atoms with Gasteiger partial charge in [-0.05, 0) is 46.1 Å². The SMILES string of the molecule is CC(C(=O)O)c1ccc(-c2ccc3nonc3c2)cc1. The number of carboxylic acids is 1. The fraction of sp³-hybridized carbons (Fsp3) is 0.133. The lowest BCUT2D eigenvalue weighted by molar-refractivity contribution is -0.138. The molecule has 0 spiro atoms. The number of hydrogen-bond acceptors (Lipinski definition) is 4. The molecule has 0 saturated carbocycles. The number of benzene rings is 2. The Bertz CT molecular complexity index is 762. The van der Waals surface area contributed by atoms with E-state index in [1.54, 1.807) is 6.92 Å². The Morgan fingerprint density at radius 1 is 1.05 bits per heavy atom. The highest BCUT2D eigenvalue weighted by atomic mass is 16.6. The molecule has 20 heavy (non-hydrogen) atoms. The summed E-state index contributed by atoms with van der Waals surface area (Å²) in [7, 11) is 0. The lowest BCUT2D eigenvalue weighted by Gasteiger charge is -2.08. The molecule has 5 nitrogen and oxygen atoms in total. The van der Waals surface area contributed by atoms with Gasteiger partial charge in [0.25, 0.3) is 0 Å². The van der Waals surface area contributed by atoms with E-state index in [1.165, 1.54) is 0 Å². The predicted molar refractivity (Wildman–Crippen MR) is 73.3 cm³/mol. The summed E-state index contributed by atoms with van der Waals surface area (Å²) in [6.07, 6.45) is 0. The highest BCUT2D eigenvalue weighted by Gasteiger charge is 2.13. The maximum absolute atomic E-state index is 10.9. The smallest absolute Gasteiger partial charge is 0.310 e. The Balaban J connectivity index is 1.95. The van der Waals surface area contributed by atoms with E-state index in [0.29, 0.717) is 11.0 Å². The molecule has 0 aliphatic rings. The van der Waals surface area contributed by atoms with Crippen molar-refractivity contribution in [2.75, 3.05) is 0 Å². The van der Waals surface area contributed by atoms with Gasteiger partial charge in [-0.3, -0.25) is 4.79 Å². The quantitative estimate of drug-likeness (QED) is 0.790. The van der Waals surface area contributed by atoms with E-state index >= 15 is 0 Å². The Morgan fingerprint density at radius 3 is 2.40 bits per heavy atom. The largest absolute Gasteiger partial charge is 0.481 e. The minimum atomic E-state index is -0.826. The molecular formula is C15H12N2O3. The maximum Gasteiger partial charge on any atom is 0.310 e. The topological polar surface area (TPSA) is 76.2 Å². The van der Waals surface area contributed by atoms with Crippen molar-refractivity contribution in [3.05, 3.63) is 48.0 Å². The van der Waals surface area contributed by atoms with Crippen molar-refractivity contribution in [2.45, 2.75) is 12.8 Å². The van der Waals surface area contributed by atoms with Gasteiger partial charge in [-0.1, -0.05) is 30.3 Å². The van der Waals surface area contributed by atoms with Gasteiger partial charge >= 0.3 is 5.97 Å². The van der Waals surface area contributed by atoms with E-state index in [1.807, 2.05) is 42.5 Å². The Hall–Kier alpha value is -2.69. The zero-order valence-electron chi connectivity index (χ0n) is 10.8. The summed E-state index contributed by atoms with van der Waals surface area (Å²) >= 11 is 0. The first-order valence-corrected chi connectivity index (χ1v) is 6.20. The molecule has 1 atom stereocenters. The number of aliphatic carboxylic acids is 1. The standard InChI is InChI=1S/C15H12N2O3/c1-9(15(18)19)10-2-4-11(5-3-10)12-6-7-13-14(8-12)17-20-16-13/h2-9H,1H3,(H,18,19). The lowest BCUT2D eigenvalue weighted by atomic mass is 9.97. The molecule has 0 saturated heterocycles. The van der Waals surface area contributed by atoms with Gasteiger partial charge in [0, 0.05) is 0 Å². The number of carbonyl (C=O) groups is 1. The van der Waals surface area contributed by atoms with Crippen LogP contribution >= 0.6 is 0 Å². The first-order chi connectivity index (χ1) is 9.65. The van der Waals surface area contributed by atoms with E-state index in [4.69, 9.17) is 5.11 Å². The molecule has 0 bridgehead atoms. The number of carboxylic acid groups (broad SMARTS) is 1. The van der Waals surface area contributed by atoms with Crippen molar-refractivity contribution >= 4 is 17.0 Å². The van der Waals surface area contributed by atoms with Gasteiger partial charge in [-0.2, -0.15) is 0 Å². The van der Waals surface area contributed by atoms with Crippen LogP contribution in [0.4, 0.5) is 0 Å². The molecule has 2 aromatic carbocycles. The Labute approximate surface area is 114 Å². The van der Waals surface area contributed by atoms with Gasteiger partial charge in [-0.15, -0.1) is 0 Å². The summed E-state index contributed by atoms with van der Waals surface area (Å²) in [6, 6.07) is 13.1. The third-order valence-corrected chi connectivity index (χ3v) is 3.37. The summed E-state index contributed by atoms with van der Waals surface area (Å²) in [5.41, 5.74) is 4.18. The van der Waals surface area contributed by atoms with Crippen molar-refractivity contribution in [3.63, 3.8) is 0 Å². The molecule has 0 aliphatic carbocycles. The molecule has 100 valence electrons. The summed E-state index contributed by atoms with van der Waals surface area (Å²) in [6.45, 7) is 1.67. The van der Waals surface area contributed by atoms with E-state index in [0.717, 1.165) is 16.7 Å². The zero-order chi connectivity index (χ0) is 14.1. The van der Waals surface area contributed by atoms with E-state index < -0.39 is 11.9 Å². The molecule has 1 heterocycles. The predicted octanol–water partition coefficient (Wildman–Crippen LogP) is 3.08. The molecule has 1 unspecified atom stereocenters. The Morgan fingerprint density at radius 2 is 1.70 bits per heavy atom. The van der Waals surface area contributed by atoms with Crippen LogP contribution in [0.15, 0.2) is 47.1 Å². The van der Waals surface area contributed by atoms with Crippen molar-refractivity contribution in [2.24, 2.45) is 0 Å². The van der Waals surface area contributed by atoms with Gasteiger partial charge in [0.1, 0.15) is 11.0 Å². The molecule has 5 heteroatoms. The second-order valence-corrected chi connectivity index (χ2v) is 4.65. The number of aromatic nitrogens is 2. The van der Waals surface area contributed by atoms with Gasteiger partial charge in [0.05, 0.1) is 5.92 Å². The highest BCUT2D eigenvalue weighted by molar-refractivity contribution is 5.81. The van der Waals surface area contributed by atoms with Crippen LogP contribution in [-0.4, -0.2) is 21.4 Å². The van der Waals surface area contributed by atoms with Crippen LogP contribution in [0.1, 0.15) is 18.4 Å². The zero-order valence-corrected chi connectivity index (χ0v) is 10.8. The van der Waals surface area contributed by atoms with Gasteiger partial charge in [-0.25, -0.2) is 4.63 Å². The highest BCUT2D eigenvalue weighted by Crippen LogP contribution is 2.25. The fourth-order valence-corrected chi connectivity index (χ4v) is 2.07. The summed E-state index contributed by atoms with van der Waals surface area (Å²) in [5.74, 6) is -1.33. The van der Waals surface area contributed by atoms with Crippen molar-refractivity contribution in [1.29, 1.82) is 0 Å². The molecule has 0 radical (unpaired) electrons. The first-order valence-electron chi connectivity index (χ1n) is 6.20. The monoisotopic (exact) mass is 268 g/mol. The third-order valence-electron chi connectivity index (χ3n) is 3.37. The normalized spacial score (nSPS) is 12.4. The first kappa shape index (κ1) is 12.3. The molecule has 0 fully saturated rings. The summed E-state index contributed by atoms with van der Waals surface area (Å²) in [5, 5.41) is 16.6. The van der Waals surface area contributed by atoms with E-state index in [9.17, 15) is 4.79 Å². The molecule has 1 aromatic heterocycles.